The predicted molar refractivity (Wildman–Crippen MR) is 67.6 cm³/mol. The number of hydrogen-bond donors (Lipinski definition) is 3. The summed E-state index contributed by atoms with van der Waals surface area (Å²) in [5.74, 6) is -1.23. The van der Waals surface area contributed by atoms with E-state index in [-0.39, 0.29) is 10.6 Å². The van der Waals surface area contributed by atoms with Gasteiger partial charge in [-0.05, 0) is 24.2 Å². The van der Waals surface area contributed by atoms with Crippen LogP contribution in [0.4, 0.5) is 8.78 Å². The zero-order valence-electron chi connectivity index (χ0n) is 10.1. The first-order valence-corrected chi connectivity index (χ1v) is 6.67. The van der Waals surface area contributed by atoms with Crippen LogP contribution < -0.4 is 5.32 Å². The standard InChI is InChI=1S/C12H17F2NO2S/c1-2-15-5-8-3-10(13)12(11(14)4-8)18-7-9(17)6-16/h3-4,9,15-17H,2,5-7H2,1H3. The van der Waals surface area contributed by atoms with E-state index >= 15 is 0 Å². The highest BCUT2D eigenvalue weighted by atomic mass is 32.2. The van der Waals surface area contributed by atoms with Crippen molar-refractivity contribution in [2.75, 3.05) is 18.9 Å². The molecule has 0 heterocycles. The lowest BCUT2D eigenvalue weighted by atomic mass is 10.2. The number of aliphatic hydroxyl groups is 2. The third kappa shape index (κ3) is 4.53. The van der Waals surface area contributed by atoms with Gasteiger partial charge < -0.3 is 15.5 Å². The van der Waals surface area contributed by atoms with Crippen LogP contribution in [0.3, 0.4) is 0 Å². The van der Waals surface area contributed by atoms with Crippen LogP contribution in [0.25, 0.3) is 0 Å². The number of benzene rings is 1. The Morgan fingerprint density at radius 2 is 1.94 bits per heavy atom. The molecule has 3 nitrogen and oxygen atoms in total. The molecular formula is C12H17F2NO2S. The molecule has 0 aromatic heterocycles. The van der Waals surface area contributed by atoms with Crippen molar-refractivity contribution in [2.24, 2.45) is 0 Å². The molecule has 102 valence electrons. The Kier molecular flexibility index (Phi) is 6.56. The van der Waals surface area contributed by atoms with Crippen LogP contribution >= 0.6 is 11.8 Å². The van der Waals surface area contributed by atoms with E-state index in [1.165, 1.54) is 12.1 Å². The molecule has 0 fully saturated rings. The van der Waals surface area contributed by atoms with Crippen LogP contribution in [0.5, 0.6) is 0 Å². The summed E-state index contributed by atoms with van der Waals surface area (Å²) in [6.45, 7) is 2.62. The number of rotatable bonds is 7. The van der Waals surface area contributed by atoms with E-state index in [0.717, 1.165) is 18.3 Å². The topological polar surface area (TPSA) is 52.5 Å². The van der Waals surface area contributed by atoms with E-state index in [1.54, 1.807) is 0 Å². The Bertz CT molecular complexity index is 367. The third-order valence-corrected chi connectivity index (χ3v) is 3.50. The number of aliphatic hydroxyl groups excluding tert-OH is 2. The normalized spacial score (nSPS) is 12.7. The lowest BCUT2D eigenvalue weighted by Gasteiger charge is -2.10. The van der Waals surface area contributed by atoms with Gasteiger partial charge in [0, 0.05) is 12.3 Å². The molecular weight excluding hydrogens is 260 g/mol. The molecule has 0 aliphatic carbocycles. The maximum absolute atomic E-state index is 13.7. The maximum atomic E-state index is 13.7. The molecule has 0 saturated heterocycles. The highest BCUT2D eigenvalue weighted by molar-refractivity contribution is 7.99. The van der Waals surface area contributed by atoms with Gasteiger partial charge in [0.05, 0.1) is 17.6 Å². The van der Waals surface area contributed by atoms with Crippen LogP contribution in [-0.2, 0) is 6.54 Å². The number of nitrogens with one attached hydrogen (secondary N) is 1. The number of thioether (sulfide) groups is 1. The van der Waals surface area contributed by atoms with Gasteiger partial charge in [0.1, 0.15) is 11.6 Å². The number of halogens is 2. The quantitative estimate of drug-likeness (QED) is 0.661. The summed E-state index contributed by atoms with van der Waals surface area (Å²) in [4.78, 5) is -0.122. The Morgan fingerprint density at radius 3 is 2.44 bits per heavy atom. The van der Waals surface area contributed by atoms with Gasteiger partial charge in [0.25, 0.3) is 0 Å². The van der Waals surface area contributed by atoms with Crippen molar-refractivity contribution < 1.29 is 19.0 Å². The first-order chi connectivity index (χ1) is 8.58. The molecule has 6 heteroatoms. The average Bonchev–Trinajstić information content (AvgIpc) is 2.34. The van der Waals surface area contributed by atoms with Crippen LogP contribution in [0.1, 0.15) is 12.5 Å². The Labute approximate surface area is 109 Å². The average molecular weight is 277 g/mol. The van der Waals surface area contributed by atoms with E-state index in [0.29, 0.717) is 12.1 Å². The first kappa shape index (κ1) is 15.4. The van der Waals surface area contributed by atoms with Crippen molar-refractivity contribution in [1.82, 2.24) is 5.32 Å². The zero-order valence-corrected chi connectivity index (χ0v) is 10.9. The summed E-state index contributed by atoms with van der Waals surface area (Å²) in [7, 11) is 0. The third-order valence-electron chi connectivity index (χ3n) is 2.27. The van der Waals surface area contributed by atoms with Crippen molar-refractivity contribution in [3.8, 4) is 0 Å². The van der Waals surface area contributed by atoms with E-state index < -0.39 is 24.3 Å². The van der Waals surface area contributed by atoms with E-state index in [4.69, 9.17) is 10.2 Å². The maximum Gasteiger partial charge on any atom is 0.140 e. The summed E-state index contributed by atoms with van der Waals surface area (Å²) >= 11 is 0.858. The minimum Gasteiger partial charge on any atom is -0.394 e. The van der Waals surface area contributed by atoms with Crippen LogP contribution in [0.15, 0.2) is 17.0 Å². The molecule has 0 bridgehead atoms. The second kappa shape index (κ2) is 7.68. The molecule has 1 unspecified atom stereocenters. The van der Waals surface area contributed by atoms with Crippen molar-refractivity contribution in [3.63, 3.8) is 0 Å². The van der Waals surface area contributed by atoms with E-state index in [1.807, 2.05) is 6.92 Å². The first-order valence-electron chi connectivity index (χ1n) is 5.68. The molecule has 0 saturated carbocycles. The Balaban J connectivity index is 2.74. The SMILES string of the molecule is CCNCc1cc(F)c(SCC(O)CO)c(F)c1. The highest BCUT2D eigenvalue weighted by Crippen LogP contribution is 2.27. The van der Waals surface area contributed by atoms with Gasteiger partial charge in [-0.2, -0.15) is 0 Å². The molecule has 1 rings (SSSR count). The fraction of sp³-hybridized carbons (Fsp3) is 0.500. The van der Waals surface area contributed by atoms with Crippen LogP contribution in [0.2, 0.25) is 0 Å². The fourth-order valence-corrected chi connectivity index (χ4v) is 2.21. The molecule has 1 atom stereocenters. The molecule has 0 radical (unpaired) electrons. The van der Waals surface area contributed by atoms with Crippen molar-refractivity contribution >= 4 is 11.8 Å². The van der Waals surface area contributed by atoms with Crippen molar-refractivity contribution in [2.45, 2.75) is 24.5 Å². The predicted octanol–water partition coefficient (Wildman–Crippen LogP) is 1.52. The molecule has 18 heavy (non-hydrogen) atoms. The lowest BCUT2D eigenvalue weighted by Crippen LogP contribution is -2.15. The monoisotopic (exact) mass is 277 g/mol. The van der Waals surface area contributed by atoms with Gasteiger partial charge in [-0.15, -0.1) is 11.8 Å². The summed E-state index contributed by atoms with van der Waals surface area (Å²) in [5.41, 5.74) is 0.541. The second-order valence-electron chi connectivity index (χ2n) is 3.82. The highest BCUT2D eigenvalue weighted by Gasteiger charge is 2.13. The molecule has 0 aliphatic rings. The Hall–Kier alpha value is -0.690. The summed E-state index contributed by atoms with van der Waals surface area (Å²) in [6, 6.07) is 2.55. The summed E-state index contributed by atoms with van der Waals surface area (Å²) in [6.07, 6.45) is -0.977. The second-order valence-corrected chi connectivity index (χ2v) is 4.85. The minimum absolute atomic E-state index is 0.0525. The van der Waals surface area contributed by atoms with Gasteiger partial charge in [-0.3, -0.25) is 0 Å². The minimum atomic E-state index is -0.977. The molecule has 1 aromatic rings. The van der Waals surface area contributed by atoms with Crippen LogP contribution in [-0.4, -0.2) is 35.2 Å². The summed E-state index contributed by atoms with van der Waals surface area (Å²) in [5, 5.41) is 20.8. The van der Waals surface area contributed by atoms with Crippen molar-refractivity contribution in [3.05, 3.63) is 29.3 Å². The van der Waals surface area contributed by atoms with Gasteiger partial charge in [0.15, 0.2) is 0 Å². The van der Waals surface area contributed by atoms with E-state index in [9.17, 15) is 8.78 Å². The largest absolute Gasteiger partial charge is 0.394 e. The summed E-state index contributed by atoms with van der Waals surface area (Å²) < 4.78 is 27.3. The molecule has 0 spiro atoms. The molecule has 1 aromatic carbocycles. The zero-order chi connectivity index (χ0) is 13.5. The lowest BCUT2D eigenvalue weighted by molar-refractivity contribution is 0.113. The van der Waals surface area contributed by atoms with E-state index in [2.05, 4.69) is 5.32 Å². The van der Waals surface area contributed by atoms with Crippen LogP contribution in [0, 0.1) is 11.6 Å². The molecule has 0 aliphatic heterocycles. The molecule has 3 N–H and O–H groups in total. The fourth-order valence-electron chi connectivity index (χ4n) is 1.35. The van der Waals surface area contributed by atoms with Gasteiger partial charge in [0.2, 0.25) is 0 Å². The van der Waals surface area contributed by atoms with Gasteiger partial charge in [-0.25, -0.2) is 8.78 Å². The Morgan fingerprint density at radius 1 is 1.33 bits per heavy atom. The van der Waals surface area contributed by atoms with Gasteiger partial charge >= 0.3 is 0 Å². The number of hydrogen-bond acceptors (Lipinski definition) is 4. The molecule has 0 amide bonds. The van der Waals surface area contributed by atoms with Crippen molar-refractivity contribution in [1.29, 1.82) is 0 Å². The smallest absolute Gasteiger partial charge is 0.140 e. The van der Waals surface area contributed by atoms with Gasteiger partial charge in [-0.1, -0.05) is 6.92 Å².